The molecule has 1 heterocycles. The largest absolute Gasteiger partial charge is 0.368 e. The Kier molecular flexibility index (Phi) is 8.48. The topological polar surface area (TPSA) is 108 Å². The molecule has 0 radical (unpaired) electrons. The van der Waals surface area contributed by atoms with E-state index in [2.05, 4.69) is 31.2 Å². The van der Waals surface area contributed by atoms with E-state index in [-0.39, 0.29) is 11.8 Å². The molecule has 2 aromatic rings. The molecule has 0 atom stereocenters. The maximum absolute atomic E-state index is 11.3. The van der Waals surface area contributed by atoms with Crippen LogP contribution in [0.25, 0.3) is 11.4 Å². The molecule has 1 aromatic carbocycles. The molecule has 150 valence electrons. The standard InChI is InChI=1S/C19H25ClN6O2/c1-3-18(28)24-11-10-23-17-12-16(22-9-8-21-13(2)27)25-19(26-17)14-4-6-15(20)7-5-14/h4-7,12H,3,8-11H2,1-2H3,(H,21,27)(H,24,28)(H2,22,23,25,26). The zero-order chi connectivity index (χ0) is 20.4. The monoisotopic (exact) mass is 404 g/mol. The fourth-order valence-corrected chi connectivity index (χ4v) is 2.43. The molecule has 9 heteroatoms. The van der Waals surface area contributed by atoms with Gasteiger partial charge < -0.3 is 21.3 Å². The van der Waals surface area contributed by atoms with Crippen molar-refractivity contribution < 1.29 is 9.59 Å². The summed E-state index contributed by atoms with van der Waals surface area (Å²) in [6.07, 6.45) is 0.455. The minimum atomic E-state index is -0.0807. The van der Waals surface area contributed by atoms with Crippen LogP contribution in [0.2, 0.25) is 5.02 Å². The number of rotatable bonds is 10. The highest BCUT2D eigenvalue weighted by Crippen LogP contribution is 2.22. The average molecular weight is 405 g/mol. The minimum absolute atomic E-state index is 0.00617. The van der Waals surface area contributed by atoms with Crippen LogP contribution >= 0.6 is 11.6 Å². The van der Waals surface area contributed by atoms with Gasteiger partial charge in [-0.15, -0.1) is 0 Å². The van der Waals surface area contributed by atoms with Crippen LogP contribution in [-0.4, -0.2) is 48.0 Å². The summed E-state index contributed by atoms with van der Waals surface area (Å²) in [6.45, 7) is 5.34. The normalized spacial score (nSPS) is 10.2. The second-order valence-corrected chi connectivity index (χ2v) is 6.45. The minimum Gasteiger partial charge on any atom is -0.368 e. The van der Waals surface area contributed by atoms with Crippen LogP contribution in [0.3, 0.4) is 0 Å². The Morgan fingerprint density at radius 2 is 1.50 bits per heavy atom. The number of carbonyl (C=O) groups is 2. The van der Waals surface area contributed by atoms with E-state index in [9.17, 15) is 9.59 Å². The van der Waals surface area contributed by atoms with Crippen molar-refractivity contribution in [3.63, 3.8) is 0 Å². The van der Waals surface area contributed by atoms with Crippen molar-refractivity contribution >= 4 is 35.1 Å². The van der Waals surface area contributed by atoms with Crippen molar-refractivity contribution in [3.05, 3.63) is 35.4 Å². The van der Waals surface area contributed by atoms with Crippen molar-refractivity contribution in [2.45, 2.75) is 20.3 Å². The Morgan fingerprint density at radius 1 is 0.929 bits per heavy atom. The average Bonchev–Trinajstić information content (AvgIpc) is 2.68. The lowest BCUT2D eigenvalue weighted by Crippen LogP contribution is -2.28. The molecular formula is C19H25ClN6O2. The Morgan fingerprint density at radius 3 is 2.04 bits per heavy atom. The lowest BCUT2D eigenvalue weighted by atomic mass is 10.2. The van der Waals surface area contributed by atoms with Crippen LogP contribution in [0.5, 0.6) is 0 Å². The van der Waals surface area contributed by atoms with Gasteiger partial charge in [0.05, 0.1) is 0 Å². The highest BCUT2D eigenvalue weighted by molar-refractivity contribution is 6.30. The van der Waals surface area contributed by atoms with Gasteiger partial charge in [0.25, 0.3) is 0 Å². The van der Waals surface area contributed by atoms with Crippen molar-refractivity contribution in [3.8, 4) is 11.4 Å². The number of halogens is 1. The maximum Gasteiger partial charge on any atom is 0.219 e. The number of nitrogens with one attached hydrogen (secondary N) is 4. The molecule has 4 N–H and O–H groups in total. The Hall–Kier alpha value is -2.87. The Balaban J connectivity index is 2.09. The fourth-order valence-electron chi connectivity index (χ4n) is 2.30. The predicted octanol–water partition coefficient (Wildman–Crippen LogP) is 2.28. The van der Waals surface area contributed by atoms with E-state index in [1.165, 1.54) is 6.92 Å². The number of amides is 2. The number of hydrogen-bond donors (Lipinski definition) is 4. The van der Waals surface area contributed by atoms with Crippen molar-refractivity contribution in [2.24, 2.45) is 0 Å². The van der Waals surface area contributed by atoms with Gasteiger partial charge in [0.15, 0.2) is 5.82 Å². The van der Waals surface area contributed by atoms with Crippen LogP contribution in [0.15, 0.2) is 30.3 Å². The number of carbonyl (C=O) groups excluding carboxylic acids is 2. The molecule has 0 fully saturated rings. The van der Waals surface area contributed by atoms with E-state index < -0.39 is 0 Å². The van der Waals surface area contributed by atoms with Gasteiger partial charge >= 0.3 is 0 Å². The SMILES string of the molecule is CCC(=O)NCCNc1cc(NCCNC(C)=O)nc(-c2ccc(Cl)cc2)n1. The molecule has 1 aromatic heterocycles. The first-order chi connectivity index (χ1) is 13.5. The zero-order valence-corrected chi connectivity index (χ0v) is 16.8. The van der Waals surface area contributed by atoms with E-state index in [1.54, 1.807) is 18.2 Å². The fraction of sp³-hybridized carbons (Fsp3) is 0.368. The second kappa shape index (κ2) is 11.1. The van der Waals surface area contributed by atoms with Crippen molar-refractivity contribution in [1.29, 1.82) is 0 Å². The molecule has 0 aliphatic carbocycles. The molecule has 28 heavy (non-hydrogen) atoms. The van der Waals surface area contributed by atoms with Gasteiger partial charge in [-0.25, -0.2) is 9.97 Å². The molecule has 8 nitrogen and oxygen atoms in total. The summed E-state index contributed by atoms with van der Waals surface area (Å²) in [5.74, 6) is 1.73. The first-order valence-corrected chi connectivity index (χ1v) is 9.49. The molecule has 0 saturated carbocycles. The molecule has 0 spiro atoms. The second-order valence-electron chi connectivity index (χ2n) is 6.01. The van der Waals surface area contributed by atoms with E-state index in [0.717, 1.165) is 5.56 Å². The summed E-state index contributed by atoms with van der Waals surface area (Å²) in [6, 6.07) is 9.05. The van der Waals surface area contributed by atoms with E-state index in [1.807, 2.05) is 19.1 Å². The van der Waals surface area contributed by atoms with Gasteiger partial charge in [0.2, 0.25) is 11.8 Å². The molecular weight excluding hydrogens is 380 g/mol. The summed E-state index contributed by atoms with van der Waals surface area (Å²) in [5.41, 5.74) is 0.831. The summed E-state index contributed by atoms with van der Waals surface area (Å²) >= 11 is 5.96. The Labute approximate surface area is 169 Å². The number of aromatic nitrogens is 2. The number of nitrogens with zero attached hydrogens (tertiary/aromatic N) is 2. The third-order valence-corrected chi connectivity index (χ3v) is 3.96. The van der Waals surface area contributed by atoms with Gasteiger partial charge in [-0.1, -0.05) is 18.5 Å². The smallest absolute Gasteiger partial charge is 0.219 e. The molecule has 0 aliphatic heterocycles. The molecule has 0 aliphatic rings. The van der Waals surface area contributed by atoms with Crippen molar-refractivity contribution in [2.75, 3.05) is 36.8 Å². The van der Waals surface area contributed by atoms with Crippen molar-refractivity contribution in [1.82, 2.24) is 20.6 Å². The highest BCUT2D eigenvalue weighted by atomic mass is 35.5. The Bertz CT molecular complexity index is 798. The lowest BCUT2D eigenvalue weighted by molar-refractivity contribution is -0.121. The third-order valence-electron chi connectivity index (χ3n) is 3.71. The van der Waals surface area contributed by atoms with E-state index in [0.29, 0.717) is 55.1 Å². The maximum atomic E-state index is 11.3. The van der Waals surface area contributed by atoms with E-state index in [4.69, 9.17) is 11.6 Å². The first-order valence-electron chi connectivity index (χ1n) is 9.12. The van der Waals surface area contributed by atoms with Crippen LogP contribution < -0.4 is 21.3 Å². The van der Waals surface area contributed by atoms with Crippen LogP contribution in [-0.2, 0) is 9.59 Å². The lowest BCUT2D eigenvalue weighted by Gasteiger charge is -2.12. The molecule has 2 rings (SSSR count). The number of anilines is 2. The van der Waals surface area contributed by atoms with Crippen LogP contribution in [0.4, 0.5) is 11.6 Å². The third kappa shape index (κ3) is 7.40. The quantitative estimate of drug-likeness (QED) is 0.452. The first kappa shape index (κ1) is 21.4. The molecule has 2 amide bonds. The summed E-state index contributed by atoms with van der Waals surface area (Å²) in [5, 5.41) is 12.5. The van der Waals surface area contributed by atoms with Gasteiger partial charge in [-0.3, -0.25) is 9.59 Å². The van der Waals surface area contributed by atoms with E-state index >= 15 is 0 Å². The van der Waals surface area contributed by atoms with Gasteiger partial charge in [-0.05, 0) is 24.3 Å². The molecule has 0 saturated heterocycles. The predicted molar refractivity (Wildman–Crippen MR) is 111 cm³/mol. The van der Waals surface area contributed by atoms with Gasteiger partial charge in [0, 0.05) is 56.2 Å². The van der Waals surface area contributed by atoms with Gasteiger partial charge in [0.1, 0.15) is 11.6 Å². The molecule has 0 unspecified atom stereocenters. The summed E-state index contributed by atoms with van der Waals surface area (Å²) in [4.78, 5) is 31.4. The number of benzene rings is 1. The summed E-state index contributed by atoms with van der Waals surface area (Å²) < 4.78 is 0. The summed E-state index contributed by atoms with van der Waals surface area (Å²) in [7, 11) is 0. The van der Waals surface area contributed by atoms with Gasteiger partial charge in [-0.2, -0.15) is 0 Å². The zero-order valence-electron chi connectivity index (χ0n) is 16.0. The highest BCUT2D eigenvalue weighted by Gasteiger charge is 2.07. The number of hydrogen-bond acceptors (Lipinski definition) is 6. The van der Waals surface area contributed by atoms with Crippen LogP contribution in [0, 0.1) is 0 Å². The molecule has 0 bridgehead atoms. The van der Waals surface area contributed by atoms with Crippen LogP contribution in [0.1, 0.15) is 20.3 Å².